The third-order valence-corrected chi connectivity index (χ3v) is 2.12. The van der Waals surface area contributed by atoms with E-state index in [2.05, 4.69) is 0 Å². The first kappa shape index (κ1) is 12.7. The Hall–Kier alpha value is -1.39. The lowest BCUT2D eigenvalue weighted by Crippen LogP contribution is -2.10. The number of alkyl halides is 3. The molecule has 0 aliphatic carbocycles. The second kappa shape index (κ2) is 4.63. The van der Waals surface area contributed by atoms with Crippen LogP contribution in [0.15, 0.2) is 18.2 Å². The monoisotopic (exact) mass is 234 g/mol. The maximum absolute atomic E-state index is 12.7. The molecule has 0 saturated heterocycles. The molecule has 0 radical (unpaired) electrons. The van der Waals surface area contributed by atoms with Crippen molar-refractivity contribution >= 4 is 5.78 Å². The zero-order valence-electron chi connectivity index (χ0n) is 8.57. The smallest absolute Gasteiger partial charge is 0.300 e. The molecule has 0 N–H and O–H groups in total. The minimum absolute atomic E-state index is 0.0225. The van der Waals surface area contributed by atoms with Crippen molar-refractivity contribution < 1.29 is 22.4 Å². The van der Waals surface area contributed by atoms with Crippen LogP contribution in [0.5, 0.6) is 0 Å². The number of halogens is 4. The number of ketones is 1. The van der Waals surface area contributed by atoms with E-state index in [1.165, 1.54) is 6.92 Å². The zero-order valence-corrected chi connectivity index (χ0v) is 8.57. The van der Waals surface area contributed by atoms with Gasteiger partial charge in [0, 0.05) is 6.42 Å². The SMILES string of the molecule is CC(=O)CCc1ccc(F)cc1C(F)(F)F. The molecule has 0 aliphatic rings. The predicted octanol–water partition coefficient (Wildman–Crippen LogP) is 3.37. The van der Waals surface area contributed by atoms with Gasteiger partial charge in [-0.05, 0) is 31.0 Å². The van der Waals surface area contributed by atoms with Gasteiger partial charge in [-0.2, -0.15) is 13.2 Å². The van der Waals surface area contributed by atoms with Crippen molar-refractivity contribution in [2.45, 2.75) is 25.9 Å². The van der Waals surface area contributed by atoms with Crippen molar-refractivity contribution in [1.82, 2.24) is 0 Å². The van der Waals surface area contributed by atoms with Crippen LogP contribution in [0, 0.1) is 5.82 Å². The van der Waals surface area contributed by atoms with E-state index in [1.807, 2.05) is 0 Å². The molecule has 1 aromatic carbocycles. The van der Waals surface area contributed by atoms with Gasteiger partial charge in [0.25, 0.3) is 0 Å². The summed E-state index contributed by atoms with van der Waals surface area (Å²) < 4.78 is 50.2. The van der Waals surface area contributed by atoms with Gasteiger partial charge in [-0.15, -0.1) is 0 Å². The molecule has 0 fully saturated rings. The molecule has 0 heterocycles. The fraction of sp³-hybridized carbons (Fsp3) is 0.364. The number of carbonyl (C=O) groups excluding carboxylic acids is 1. The lowest BCUT2D eigenvalue weighted by Gasteiger charge is -2.12. The Morgan fingerprint density at radius 2 is 1.94 bits per heavy atom. The third-order valence-electron chi connectivity index (χ3n) is 2.12. The Balaban J connectivity index is 3.03. The summed E-state index contributed by atoms with van der Waals surface area (Å²) in [5.74, 6) is -1.13. The lowest BCUT2D eigenvalue weighted by molar-refractivity contribution is -0.138. The number of aryl methyl sites for hydroxylation is 1. The molecule has 5 heteroatoms. The van der Waals surface area contributed by atoms with Crippen LogP contribution in [0.1, 0.15) is 24.5 Å². The van der Waals surface area contributed by atoms with Crippen LogP contribution in [0.3, 0.4) is 0 Å². The number of hydrogen-bond acceptors (Lipinski definition) is 1. The number of benzene rings is 1. The summed E-state index contributed by atoms with van der Waals surface area (Å²) >= 11 is 0. The zero-order chi connectivity index (χ0) is 12.3. The van der Waals surface area contributed by atoms with E-state index in [9.17, 15) is 22.4 Å². The number of Topliss-reactive ketones (excluding diaryl/α,β-unsaturated/α-hetero) is 1. The Labute approximate surface area is 90.1 Å². The summed E-state index contributed by atoms with van der Waals surface area (Å²) in [5, 5.41) is 0. The minimum Gasteiger partial charge on any atom is -0.300 e. The van der Waals surface area contributed by atoms with Crippen molar-refractivity contribution in [1.29, 1.82) is 0 Å². The molecule has 0 unspecified atom stereocenters. The van der Waals surface area contributed by atoms with Crippen molar-refractivity contribution in [3.05, 3.63) is 35.1 Å². The summed E-state index contributed by atoms with van der Waals surface area (Å²) in [5.41, 5.74) is -1.06. The standard InChI is InChI=1S/C11H10F4O/c1-7(16)2-3-8-4-5-9(12)6-10(8)11(13,14)15/h4-6H,2-3H2,1H3. The molecular formula is C11H10F4O. The predicted molar refractivity (Wildman–Crippen MR) is 50.4 cm³/mol. The number of hydrogen-bond donors (Lipinski definition) is 0. The molecule has 0 amide bonds. The maximum atomic E-state index is 12.7. The summed E-state index contributed by atoms with van der Waals surface area (Å²) in [6, 6.07) is 2.49. The topological polar surface area (TPSA) is 17.1 Å². The van der Waals surface area contributed by atoms with Crippen LogP contribution in [0.4, 0.5) is 17.6 Å². The molecule has 0 spiro atoms. The summed E-state index contributed by atoms with van der Waals surface area (Å²) in [7, 11) is 0. The van der Waals surface area contributed by atoms with Crippen LogP contribution in [-0.4, -0.2) is 5.78 Å². The first-order valence-corrected chi connectivity index (χ1v) is 4.66. The first-order valence-electron chi connectivity index (χ1n) is 4.66. The Morgan fingerprint density at radius 3 is 2.44 bits per heavy atom. The van der Waals surface area contributed by atoms with E-state index in [1.54, 1.807) is 0 Å². The van der Waals surface area contributed by atoms with Crippen molar-refractivity contribution in [2.24, 2.45) is 0 Å². The van der Waals surface area contributed by atoms with Crippen molar-refractivity contribution in [3.8, 4) is 0 Å². The van der Waals surface area contributed by atoms with Gasteiger partial charge in [0.1, 0.15) is 11.6 Å². The van der Waals surface area contributed by atoms with E-state index >= 15 is 0 Å². The molecule has 0 atom stereocenters. The van der Waals surface area contributed by atoms with E-state index in [0.29, 0.717) is 6.07 Å². The third kappa shape index (κ3) is 3.32. The Bertz CT molecular complexity index is 395. The Morgan fingerprint density at radius 1 is 1.31 bits per heavy atom. The quantitative estimate of drug-likeness (QED) is 0.733. The van der Waals surface area contributed by atoms with Crippen molar-refractivity contribution in [2.75, 3.05) is 0 Å². The first-order chi connectivity index (χ1) is 7.30. The van der Waals surface area contributed by atoms with E-state index in [-0.39, 0.29) is 24.2 Å². The highest BCUT2D eigenvalue weighted by Crippen LogP contribution is 2.33. The van der Waals surface area contributed by atoms with Crippen molar-refractivity contribution in [3.63, 3.8) is 0 Å². The fourth-order valence-electron chi connectivity index (χ4n) is 1.34. The van der Waals surface area contributed by atoms with Gasteiger partial charge in [-0.3, -0.25) is 0 Å². The summed E-state index contributed by atoms with van der Waals surface area (Å²) in [6.07, 6.45) is -4.59. The molecule has 1 aromatic rings. The molecule has 88 valence electrons. The van der Waals surface area contributed by atoms with Gasteiger partial charge < -0.3 is 4.79 Å². The highest BCUT2D eigenvalue weighted by Gasteiger charge is 2.33. The second-order valence-corrected chi connectivity index (χ2v) is 3.50. The van der Waals surface area contributed by atoms with Crippen LogP contribution in [0.2, 0.25) is 0 Å². The van der Waals surface area contributed by atoms with Gasteiger partial charge in [-0.1, -0.05) is 6.07 Å². The van der Waals surface area contributed by atoms with Gasteiger partial charge in [0.05, 0.1) is 5.56 Å². The second-order valence-electron chi connectivity index (χ2n) is 3.50. The van der Waals surface area contributed by atoms with E-state index < -0.39 is 17.6 Å². The molecule has 16 heavy (non-hydrogen) atoms. The highest BCUT2D eigenvalue weighted by atomic mass is 19.4. The Kier molecular flexibility index (Phi) is 3.67. The highest BCUT2D eigenvalue weighted by molar-refractivity contribution is 5.75. The fourth-order valence-corrected chi connectivity index (χ4v) is 1.34. The molecule has 1 nitrogen and oxygen atoms in total. The molecular weight excluding hydrogens is 224 g/mol. The van der Waals surface area contributed by atoms with Gasteiger partial charge in [-0.25, -0.2) is 4.39 Å². The van der Waals surface area contributed by atoms with Crippen LogP contribution < -0.4 is 0 Å². The molecule has 1 rings (SSSR count). The van der Waals surface area contributed by atoms with E-state index in [4.69, 9.17) is 0 Å². The summed E-state index contributed by atoms with van der Waals surface area (Å²) in [4.78, 5) is 10.7. The normalized spacial score (nSPS) is 11.6. The average Bonchev–Trinajstić information content (AvgIpc) is 2.14. The van der Waals surface area contributed by atoms with Gasteiger partial charge in [0.2, 0.25) is 0 Å². The molecule has 0 bridgehead atoms. The summed E-state index contributed by atoms with van der Waals surface area (Å²) in [6.45, 7) is 1.30. The average molecular weight is 234 g/mol. The molecule has 0 aromatic heterocycles. The lowest BCUT2D eigenvalue weighted by atomic mass is 10.0. The van der Waals surface area contributed by atoms with Gasteiger partial charge >= 0.3 is 6.18 Å². The van der Waals surface area contributed by atoms with Crippen LogP contribution in [0.25, 0.3) is 0 Å². The maximum Gasteiger partial charge on any atom is 0.416 e. The number of rotatable bonds is 3. The largest absolute Gasteiger partial charge is 0.416 e. The van der Waals surface area contributed by atoms with Crippen LogP contribution in [-0.2, 0) is 17.4 Å². The molecule has 0 saturated carbocycles. The van der Waals surface area contributed by atoms with Gasteiger partial charge in [0.15, 0.2) is 0 Å². The minimum atomic E-state index is -4.59. The van der Waals surface area contributed by atoms with Crippen LogP contribution >= 0.6 is 0 Å². The number of carbonyl (C=O) groups is 1. The molecule has 0 aliphatic heterocycles. The van der Waals surface area contributed by atoms with E-state index in [0.717, 1.165) is 12.1 Å².